The summed E-state index contributed by atoms with van der Waals surface area (Å²) in [5, 5.41) is 9.70. The van der Waals surface area contributed by atoms with Crippen LogP contribution in [0.1, 0.15) is 57.5 Å². The first kappa shape index (κ1) is 27.9. The highest BCUT2D eigenvalue weighted by atomic mass is 16.5. The zero-order valence-electron chi connectivity index (χ0n) is 21.8. The van der Waals surface area contributed by atoms with E-state index in [9.17, 15) is 14.7 Å². The molecule has 0 aliphatic heterocycles. The highest BCUT2D eigenvalue weighted by molar-refractivity contribution is 6.11. The number of methoxy groups -OCH3 is 2. The molecule has 1 N–H and O–H groups in total. The van der Waals surface area contributed by atoms with Crippen LogP contribution >= 0.6 is 0 Å². The molecule has 0 heterocycles. The fourth-order valence-electron chi connectivity index (χ4n) is 3.59. The predicted octanol–water partition coefficient (Wildman–Crippen LogP) is 5.33. The lowest BCUT2D eigenvalue weighted by Crippen LogP contribution is -2.37. The van der Waals surface area contributed by atoms with Gasteiger partial charge in [-0.25, -0.2) is 4.79 Å². The fraction of sp³-hybridized carbons (Fsp3) is 0.400. The third-order valence-corrected chi connectivity index (χ3v) is 5.54. The van der Waals surface area contributed by atoms with Gasteiger partial charge >= 0.3 is 5.97 Å². The van der Waals surface area contributed by atoms with Gasteiger partial charge in [0.05, 0.1) is 5.56 Å². The van der Waals surface area contributed by atoms with Crippen LogP contribution in [0.3, 0.4) is 0 Å². The van der Waals surface area contributed by atoms with E-state index in [0.29, 0.717) is 22.3 Å². The smallest absolute Gasteiger partial charge is 0.336 e. The van der Waals surface area contributed by atoms with Crippen molar-refractivity contribution in [1.29, 1.82) is 0 Å². The SMILES string of the molecule is COCC#C/C=C(\C#CC1(OC)C=C(C(C)(C)C)C(=O)C(C(C)(C)C)=C1)c1ccccc1C(=O)O. The lowest BCUT2D eigenvalue weighted by Gasteiger charge is -2.36. The van der Waals surface area contributed by atoms with Crippen molar-refractivity contribution in [2.45, 2.75) is 47.1 Å². The van der Waals surface area contributed by atoms with E-state index in [0.717, 1.165) is 0 Å². The molecule has 35 heavy (non-hydrogen) atoms. The zero-order valence-corrected chi connectivity index (χ0v) is 21.8. The van der Waals surface area contributed by atoms with Crippen LogP contribution in [0.15, 0.2) is 53.6 Å². The monoisotopic (exact) mass is 474 g/mol. The third-order valence-electron chi connectivity index (χ3n) is 5.54. The first-order valence-electron chi connectivity index (χ1n) is 11.4. The number of carboxylic acid groups (broad SMARTS) is 1. The maximum absolute atomic E-state index is 13.4. The van der Waals surface area contributed by atoms with E-state index in [-0.39, 0.29) is 18.0 Å². The zero-order chi connectivity index (χ0) is 26.4. The standard InChI is InChI=1S/C30H34O5/c1-28(2,3)24-19-30(35-8,20-25(26(24)31)29(4,5)6)17-16-21(13-11-12-18-34-7)22-14-9-10-15-23(22)27(32)33/h9-10,13-15,19-20H,18H2,1-8H3,(H,32,33)/b21-13+. The van der Waals surface area contributed by atoms with Crippen molar-refractivity contribution < 1.29 is 24.2 Å². The second-order valence-corrected chi connectivity index (χ2v) is 10.4. The van der Waals surface area contributed by atoms with Crippen molar-refractivity contribution >= 4 is 17.3 Å². The van der Waals surface area contributed by atoms with Gasteiger partial charge in [-0.15, -0.1) is 0 Å². The van der Waals surface area contributed by atoms with Crippen LogP contribution < -0.4 is 0 Å². The molecule has 0 aromatic heterocycles. The van der Waals surface area contributed by atoms with E-state index in [4.69, 9.17) is 9.47 Å². The Labute approximate surface area is 208 Å². The summed E-state index contributed by atoms with van der Waals surface area (Å²) in [7, 11) is 3.09. The second-order valence-electron chi connectivity index (χ2n) is 10.4. The van der Waals surface area contributed by atoms with Gasteiger partial charge in [-0.1, -0.05) is 83.4 Å². The number of aromatic carboxylic acids is 1. The average molecular weight is 475 g/mol. The Balaban J connectivity index is 2.80. The minimum atomic E-state index is -1.17. The van der Waals surface area contributed by atoms with Gasteiger partial charge in [0.25, 0.3) is 0 Å². The van der Waals surface area contributed by atoms with Crippen molar-refractivity contribution in [2.24, 2.45) is 10.8 Å². The van der Waals surface area contributed by atoms with E-state index >= 15 is 0 Å². The number of rotatable bonds is 4. The van der Waals surface area contributed by atoms with E-state index < -0.39 is 22.4 Å². The molecule has 0 spiro atoms. The summed E-state index contributed by atoms with van der Waals surface area (Å²) in [5.41, 5.74) is 0.213. The molecule has 1 aromatic rings. The van der Waals surface area contributed by atoms with Crippen molar-refractivity contribution in [3.05, 3.63) is 64.8 Å². The van der Waals surface area contributed by atoms with Crippen molar-refractivity contribution in [3.63, 3.8) is 0 Å². The highest BCUT2D eigenvalue weighted by Crippen LogP contribution is 2.41. The lowest BCUT2D eigenvalue weighted by molar-refractivity contribution is -0.114. The molecule has 0 unspecified atom stereocenters. The predicted molar refractivity (Wildman–Crippen MR) is 139 cm³/mol. The number of carbonyl (C=O) groups excluding carboxylic acids is 1. The molecule has 0 amide bonds. The van der Waals surface area contributed by atoms with E-state index in [1.165, 1.54) is 6.07 Å². The van der Waals surface area contributed by atoms with Crippen LogP contribution in [-0.2, 0) is 14.3 Å². The Bertz CT molecular complexity index is 1170. The Hall–Kier alpha value is -3.38. The van der Waals surface area contributed by atoms with Gasteiger partial charge in [0.2, 0.25) is 0 Å². The van der Waals surface area contributed by atoms with Crippen LogP contribution in [0.25, 0.3) is 5.57 Å². The molecule has 2 rings (SSSR count). The number of benzene rings is 1. The molecular weight excluding hydrogens is 440 g/mol. The van der Waals surface area contributed by atoms with Crippen molar-refractivity contribution in [3.8, 4) is 23.7 Å². The van der Waals surface area contributed by atoms with E-state index in [1.807, 2.05) is 41.5 Å². The lowest BCUT2D eigenvalue weighted by atomic mass is 9.70. The second kappa shape index (κ2) is 10.9. The molecule has 0 radical (unpaired) electrons. The molecule has 1 aliphatic rings. The van der Waals surface area contributed by atoms with Gasteiger partial charge in [-0.05, 0) is 29.0 Å². The Kier molecular flexibility index (Phi) is 8.69. The number of ketones is 1. The van der Waals surface area contributed by atoms with Crippen molar-refractivity contribution in [2.75, 3.05) is 20.8 Å². The maximum Gasteiger partial charge on any atom is 0.336 e. The Morgan fingerprint density at radius 3 is 2.00 bits per heavy atom. The molecular formula is C30H34O5. The van der Waals surface area contributed by atoms with Crippen molar-refractivity contribution in [1.82, 2.24) is 0 Å². The summed E-state index contributed by atoms with van der Waals surface area (Å²) in [6.07, 6.45) is 5.12. The molecule has 0 saturated heterocycles. The van der Waals surface area contributed by atoms with E-state index in [1.54, 1.807) is 50.6 Å². The van der Waals surface area contributed by atoms with Crippen LogP contribution in [-0.4, -0.2) is 43.3 Å². The van der Waals surface area contributed by atoms with Gasteiger partial charge in [-0.3, -0.25) is 4.79 Å². The summed E-state index contributed by atoms with van der Waals surface area (Å²) in [5.74, 6) is 10.9. The van der Waals surface area contributed by atoms with Crippen LogP contribution in [0.5, 0.6) is 0 Å². The summed E-state index contributed by atoms with van der Waals surface area (Å²) in [6, 6.07) is 6.63. The molecule has 0 saturated carbocycles. The quantitative estimate of drug-likeness (QED) is 0.597. The average Bonchev–Trinajstić information content (AvgIpc) is 2.78. The molecule has 0 bridgehead atoms. The maximum atomic E-state index is 13.4. The minimum absolute atomic E-state index is 0.0168. The van der Waals surface area contributed by atoms with E-state index in [2.05, 4.69) is 23.7 Å². The molecule has 1 aliphatic carbocycles. The minimum Gasteiger partial charge on any atom is -0.478 e. The largest absolute Gasteiger partial charge is 0.478 e. The van der Waals surface area contributed by atoms with Gasteiger partial charge in [-0.2, -0.15) is 0 Å². The first-order valence-corrected chi connectivity index (χ1v) is 11.4. The molecule has 0 atom stereocenters. The number of allylic oxidation sites excluding steroid dienone is 4. The molecule has 5 heteroatoms. The number of carbonyl (C=O) groups is 2. The third kappa shape index (κ3) is 6.83. The number of hydrogen-bond donors (Lipinski definition) is 1. The summed E-state index contributed by atoms with van der Waals surface area (Å²) >= 11 is 0. The number of Topliss-reactive ketones (excluding diaryl/α,β-unsaturated/α-hetero) is 1. The van der Waals surface area contributed by atoms with Gasteiger partial charge < -0.3 is 14.6 Å². The summed E-state index contributed by atoms with van der Waals surface area (Å²) < 4.78 is 10.9. The highest BCUT2D eigenvalue weighted by Gasteiger charge is 2.40. The molecule has 0 fully saturated rings. The van der Waals surface area contributed by atoms with Crippen LogP contribution in [0.2, 0.25) is 0 Å². The normalized spacial score (nSPS) is 15.8. The number of carboxylic acids is 1. The fourth-order valence-corrected chi connectivity index (χ4v) is 3.59. The molecule has 1 aromatic carbocycles. The van der Waals surface area contributed by atoms with Gasteiger partial charge in [0.15, 0.2) is 11.4 Å². The summed E-state index contributed by atoms with van der Waals surface area (Å²) in [6.45, 7) is 12.1. The van der Waals surface area contributed by atoms with Gasteiger partial charge in [0.1, 0.15) is 6.61 Å². The Morgan fingerprint density at radius 1 is 1.00 bits per heavy atom. The van der Waals surface area contributed by atoms with Gasteiger partial charge in [0, 0.05) is 42.6 Å². The topological polar surface area (TPSA) is 72.8 Å². The summed E-state index contributed by atoms with van der Waals surface area (Å²) in [4.78, 5) is 25.2. The van der Waals surface area contributed by atoms with Crippen LogP contribution in [0.4, 0.5) is 0 Å². The number of hydrogen-bond acceptors (Lipinski definition) is 4. The van der Waals surface area contributed by atoms with Crippen LogP contribution in [0, 0.1) is 34.5 Å². The number of ether oxygens (including phenoxy) is 2. The Morgan fingerprint density at radius 2 is 1.54 bits per heavy atom. The first-order chi connectivity index (χ1) is 16.3. The molecule has 5 nitrogen and oxygen atoms in total. The molecule has 184 valence electrons.